The van der Waals surface area contributed by atoms with Gasteiger partial charge in [-0.1, -0.05) is 43.3 Å². The molecule has 8 nitrogen and oxygen atoms in total. The second-order valence-electron chi connectivity index (χ2n) is 8.48. The SMILES string of the molecule is CCN(Cc1ccccc1)S(=O)(=O)c1ccc(S(=O)(=O)N2CCN(c3cccc(OC)c3)CC2)cc1. The second kappa shape index (κ2) is 11.0. The van der Waals surface area contributed by atoms with Gasteiger partial charge < -0.3 is 9.64 Å². The van der Waals surface area contributed by atoms with Crippen LogP contribution in [-0.4, -0.2) is 65.3 Å². The Labute approximate surface area is 213 Å². The van der Waals surface area contributed by atoms with Crippen molar-refractivity contribution < 1.29 is 21.6 Å². The summed E-state index contributed by atoms with van der Waals surface area (Å²) in [5.74, 6) is 0.753. The molecular formula is C26H31N3O5S2. The van der Waals surface area contributed by atoms with Crippen molar-refractivity contribution in [3.05, 3.63) is 84.4 Å². The van der Waals surface area contributed by atoms with Crippen LogP contribution < -0.4 is 9.64 Å². The number of hydrogen-bond donors (Lipinski definition) is 0. The highest BCUT2D eigenvalue weighted by molar-refractivity contribution is 7.89. The zero-order valence-corrected chi connectivity index (χ0v) is 22.1. The van der Waals surface area contributed by atoms with E-state index in [-0.39, 0.29) is 16.3 Å². The van der Waals surface area contributed by atoms with Gasteiger partial charge in [-0.3, -0.25) is 0 Å². The molecule has 3 aromatic rings. The summed E-state index contributed by atoms with van der Waals surface area (Å²) in [4.78, 5) is 2.28. The Morgan fingerprint density at radius 1 is 0.806 bits per heavy atom. The fourth-order valence-corrected chi connectivity index (χ4v) is 7.09. The maximum Gasteiger partial charge on any atom is 0.243 e. The lowest BCUT2D eigenvalue weighted by Gasteiger charge is -2.35. The second-order valence-corrected chi connectivity index (χ2v) is 12.4. The molecule has 1 aliphatic rings. The summed E-state index contributed by atoms with van der Waals surface area (Å²) in [7, 11) is -5.90. The summed E-state index contributed by atoms with van der Waals surface area (Å²) >= 11 is 0. The van der Waals surface area contributed by atoms with E-state index in [9.17, 15) is 16.8 Å². The van der Waals surface area contributed by atoms with Gasteiger partial charge in [0, 0.05) is 51.0 Å². The fraction of sp³-hybridized carbons (Fsp3) is 0.308. The molecule has 1 aliphatic heterocycles. The normalized spacial score (nSPS) is 15.2. The van der Waals surface area contributed by atoms with E-state index in [1.54, 1.807) is 14.0 Å². The van der Waals surface area contributed by atoms with Gasteiger partial charge in [-0.05, 0) is 42.0 Å². The van der Waals surface area contributed by atoms with Crippen LogP contribution in [0.1, 0.15) is 12.5 Å². The number of benzene rings is 3. The molecule has 0 atom stereocenters. The van der Waals surface area contributed by atoms with E-state index in [1.807, 2.05) is 54.6 Å². The third-order valence-electron chi connectivity index (χ3n) is 6.31. The first-order chi connectivity index (χ1) is 17.3. The summed E-state index contributed by atoms with van der Waals surface area (Å²) in [5.41, 5.74) is 1.87. The standard InChI is InChI=1S/C26H31N3O5S2/c1-3-28(21-22-8-5-4-6-9-22)35(30,31)25-12-14-26(15-13-25)36(32,33)29-18-16-27(17-19-29)23-10-7-11-24(20-23)34-2/h4-15,20H,3,16-19,21H2,1-2H3. The Kier molecular flexibility index (Phi) is 7.99. The zero-order chi connectivity index (χ0) is 25.8. The van der Waals surface area contributed by atoms with E-state index >= 15 is 0 Å². The highest BCUT2D eigenvalue weighted by Gasteiger charge is 2.30. The van der Waals surface area contributed by atoms with Gasteiger partial charge in [-0.15, -0.1) is 0 Å². The molecule has 0 amide bonds. The predicted molar refractivity (Wildman–Crippen MR) is 140 cm³/mol. The molecular weight excluding hydrogens is 498 g/mol. The van der Waals surface area contributed by atoms with Crippen molar-refractivity contribution in [3.8, 4) is 5.75 Å². The van der Waals surface area contributed by atoms with Crippen LogP contribution in [0.4, 0.5) is 5.69 Å². The van der Waals surface area contributed by atoms with E-state index in [0.717, 1.165) is 17.0 Å². The number of nitrogens with zero attached hydrogens (tertiary/aromatic N) is 3. The highest BCUT2D eigenvalue weighted by Crippen LogP contribution is 2.26. The third kappa shape index (κ3) is 5.57. The number of sulfonamides is 2. The molecule has 0 unspecified atom stereocenters. The van der Waals surface area contributed by atoms with Crippen LogP contribution in [0.15, 0.2) is 88.7 Å². The van der Waals surface area contributed by atoms with Crippen LogP contribution in [0, 0.1) is 0 Å². The maximum atomic E-state index is 13.3. The van der Waals surface area contributed by atoms with Gasteiger partial charge in [0.15, 0.2) is 0 Å². The van der Waals surface area contributed by atoms with E-state index < -0.39 is 20.0 Å². The van der Waals surface area contributed by atoms with Crippen LogP contribution in [0.5, 0.6) is 5.75 Å². The fourth-order valence-electron chi connectivity index (χ4n) is 4.23. The summed E-state index contributed by atoms with van der Waals surface area (Å²) in [6.07, 6.45) is 0. The van der Waals surface area contributed by atoms with Crippen molar-refractivity contribution in [2.75, 3.05) is 44.7 Å². The summed E-state index contributed by atoms with van der Waals surface area (Å²) in [6.45, 7) is 4.09. The van der Waals surface area contributed by atoms with Gasteiger partial charge in [0.25, 0.3) is 0 Å². The third-order valence-corrected chi connectivity index (χ3v) is 10.2. The van der Waals surface area contributed by atoms with Crippen molar-refractivity contribution in [2.24, 2.45) is 0 Å². The Hall–Kier alpha value is -2.92. The number of rotatable bonds is 9. The lowest BCUT2D eigenvalue weighted by atomic mass is 10.2. The average Bonchev–Trinajstić information content (AvgIpc) is 2.92. The van der Waals surface area contributed by atoms with Crippen molar-refractivity contribution in [1.82, 2.24) is 8.61 Å². The summed E-state index contributed by atoms with van der Waals surface area (Å²) < 4.78 is 61.0. The first kappa shape index (κ1) is 26.2. The minimum Gasteiger partial charge on any atom is -0.497 e. The monoisotopic (exact) mass is 529 g/mol. The summed E-state index contributed by atoms with van der Waals surface area (Å²) in [6, 6.07) is 22.6. The first-order valence-electron chi connectivity index (χ1n) is 11.8. The van der Waals surface area contributed by atoms with Crippen LogP contribution in [0.2, 0.25) is 0 Å². The molecule has 0 aliphatic carbocycles. The lowest BCUT2D eigenvalue weighted by molar-refractivity contribution is 0.384. The van der Waals surface area contributed by atoms with Crippen LogP contribution in [0.25, 0.3) is 0 Å². The van der Waals surface area contributed by atoms with Crippen LogP contribution in [0.3, 0.4) is 0 Å². The average molecular weight is 530 g/mol. The Balaban J connectivity index is 1.45. The topological polar surface area (TPSA) is 87.2 Å². The molecule has 1 saturated heterocycles. The van der Waals surface area contributed by atoms with Crippen molar-refractivity contribution in [3.63, 3.8) is 0 Å². The van der Waals surface area contributed by atoms with Crippen molar-refractivity contribution in [1.29, 1.82) is 0 Å². The molecule has 0 aromatic heterocycles. The van der Waals surface area contributed by atoms with E-state index in [0.29, 0.717) is 32.7 Å². The molecule has 3 aromatic carbocycles. The molecule has 0 N–H and O–H groups in total. The smallest absolute Gasteiger partial charge is 0.243 e. The zero-order valence-electron chi connectivity index (χ0n) is 20.4. The Morgan fingerprint density at radius 2 is 1.44 bits per heavy atom. The molecule has 10 heteroatoms. The number of hydrogen-bond acceptors (Lipinski definition) is 6. The molecule has 0 bridgehead atoms. The molecule has 36 heavy (non-hydrogen) atoms. The van der Waals surface area contributed by atoms with Gasteiger partial charge >= 0.3 is 0 Å². The van der Waals surface area contributed by atoms with Gasteiger partial charge in [-0.25, -0.2) is 16.8 Å². The Morgan fingerprint density at radius 3 is 2.06 bits per heavy atom. The van der Waals surface area contributed by atoms with Gasteiger partial charge in [-0.2, -0.15) is 8.61 Å². The largest absolute Gasteiger partial charge is 0.497 e. The molecule has 1 heterocycles. The van der Waals surface area contributed by atoms with Gasteiger partial charge in [0.1, 0.15) is 5.75 Å². The summed E-state index contributed by atoms with van der Waals surface area (Å²) in [5, 5.41) is 0. The number of anilines is 1. The van der Waals surface area contributed by atoms with Crippen LogP contribution >= 0.6 is 0 Å². The van der Waals surface area contributed by atoms with Crippen LogP contribution in [-0.2, 0) is 26.6 Å². The van der Waals surface area contributed by atoms with E-state index in [1.165, 1.54) is 32.9 Å². The minimum absolute atomic E-state index is 0.0714. The number of methoxy groups -OCH3 is 1. The molecule has 0 spiro atoms. The molecule has 192 valence electrons. The Bertz CT molecular complexity index is 1370. The quantitative estimate of drug-likeness (QED) is 0.422. The number of piperazine rings is 1. The van der Waals surface area contributed by atoms with E-state index in [2.05, 4.69) is 4.90 Å². The van der Waals surface area contributed by atoms with Crippen molar-refractivity contribution >= 4 is 25.7 Å². The molecule has 0 saturated carbocycles. The molecule has 4 rings (SSSR count). The predicted octanol–water partition coefficient (Wildman–Crippen LogP) is 3.42. The molecule has 0 radical (unpaired) electrons. The highest BCUT2D eigenvalue weighted by atomic mass is 32.2. The van der Waals surface area contributed by atoms with Crippen molar-refractivity contribution in [2.45, 2.75) is 23.3 Å². The lowest BCUT2D eigenvalue weighted by Crippen LogP contribution is -2.48. The maximum absolute atomic E-state index is 13.3. The first-order valence-corrected chi connectivity index (χ1v) is 14.7. The molecule has 1 fully saturated rings. The van der Waals surface area contributed by atoms with Gasteiger partial charge in [0.05, 0.1) is 16.9 Å². The number of ether oxygens (including phenoxy) is 1. The van der Waals surface area contributed by atoms with E-state index in [4.69, 9.17) is 4.74 Å². The minimum atomic E-state index is -3.77. The van der Waals surface area contributed by atoms with Gasteiger partial charge in [0.2, 0.25) is 20.0 Å².